The van der Waals surface area contributed by atoms with Gasteiger partial charge in [-0.05, 0) is 50.2 Å². The Hall–Kier alpha value is -1.18. The largest absolute Gasteiger partial charge is 0.508 e. The van der Waals surface area contributed by atoms with Gasteiger partial charge in [-0.2, -0.15) is 0 Å². The van der Waals surface area contributed by atoms with E-state index in [1.807, 2.05) is 0 Å². The van der Waals surface area contributed by atoms with Crippen LogP contribution in [0.1, 0.15) is 51.5 Å². The van der Waals surface area contributed by atoms with Crippen molar-refractivity contribution in [1.82, 2.24) is 0 Å². The number of hydrogen-bond acceptors (Lipinski definition) is 2. The number of rotatable bonds is 0. The Labute approximate surface area is 109 Å². The maximum absolute atomic E-state index is 9.63. The highest BCUT2D eigenvalue weighted by atomic mass is 16.5. The minimum Gasteiger partial charge on any atom is -0.508 e. The zero-order valence-corrected chi connectivity index (χ0v) is 11.4. The van der Waals surface area contributed by atoms with E-state index < -0.39 is 0 Å². The van der Waals surface area contributed by atoms with E-state index in [4.69, 9.17) is 4.74 Å². The summed E-state index contributed by atoms with van der Waals surface area (Å²) in [5.74, 6) is 3.17. The standard InChI is InChI=1S/C16H22O2/c1-10-4-7-14-13(8-10)12-6-5-11(17)9-15(12)18-16(14,2)3/h5-6,9-10,13-14,17H,4,7-8H2,1-3H3/t10?,13?,14-/m1/s1. The van der Waals surface area contributed by atoms with E-state index in [9.17, 15) is 5.11 Å². The van der Waals surface area contributed by atoms with Crippen molar-refractivity contribution in [1.29, 1.82) is 0 Å². The summed E-state index contributed by atoms with van der Waals surface area (Å²) in [6, 6.07) is 5.61. The quantitative estimate of drug-likeness (QED) is 0.747. The lowest BCUT2D eigenvalue weighted by molar-refractivity contribution is -0.0137. The van der Waals surface area contributed by atoms with E-state index in [2.05, 4.69) is 26.8 Å². The Morgan fingerprint density at radius 2 is 2.06 bits per heavy atom. The lowest BCUT2D eigenvalue weighted by Crippen LogP contribution is -2.46. The van der Waals surface area contributed by atoms with Crippen molar-refractivity contribution in [3.63, 3.8) is 0 Å². The van der Waals surface area contributed by atoms with Gasteiger partial charge in [-0.1, -0.05) is 19.4 Å². The summed E-state index contributed by atoms with van der Waals surface area (Å²) in [5, 5.41) is 9.63. The van der Waals surface area contributed by atoms with Gasteiger partial charge >= 0.3 is 0 Å². The summed E-state index contributed by atoms with van der Waals surface area (Å²) in [7, 11) is 0. The lowest BCUT2D eigenvalue weighted by Gasteiger charge is -2.48. The molecule has 1 heterocycles. The number of fused-ring (bicyclic) bond motifs is 3. The monoisotopic (exact) mass is 246 g/mol. The van der Waals surface area contributed by atoms with Gasteiger partial charge < -0.3 is 9.84 Å². The van der Waals surface area contributed by atoms with Gasteiger partial charge in [0.2, 0.25) is 0 Å². The highest BCUT2D eigenvalue weighted by molar-refractivity contribution is 5.45. The second-order valence-corrected chi connectivity index (χ2v) is 6.56. The highest BCUT2D eigenvalue weighted by Gasteiger charge is 2.45. The third-order valence-corrected chi connectivity index (χ3v) is 4.78. The van der Waals surface area contributed by atoms with Crippen molar-refractivity contribution >= 4 is 0 Å². The van der Waals surface area contributed by atoms with Crippen molar-refractivity contribution in [3.05, 3.63) is 23.8 Å². The number of aromatic hydroxyl groups is 1. The van der Waals surface area contributed by atoms with Crippen LogP contribution in [0, 0.1) is 11.8 Å². The minimum atomic E-state index is -0.119. The zero-order chi connectivity index (χ0) is 12.9. The fraction of sp³-hybridized carbons (Fsp3) is 0.625. The number of phenolic OH excluding ortho intramolecular Hbond substituents is 1. The van der Waals surface area contributed by atoms with Crippen LogP contribution in [0.2, 0.25) is 0 Å². The topological polar surface area (TPSA) is 29.5 Å². The zero-order valence-electron chi connectivity index (χ0n) is 11.4. The lowest BCUT2D eigenvalue weighted by atomic mass is 9.64. The third kappa shape index (κ3) is 1.79. The molecule has 1 aromatic rings. The predicted octanol–water partition coefficient (Wildman–Crippen LogP) is 4.08. The van der Waals surface area contributed by atoms with Crippen LogP contribution in [0.5, 0.6) is 11.5 Å². The van der Waals surface area contributed by atoms with Gasteiger partial charge in [0.05, 0.1) is 0 Å². The molecular weight excluding hydrogens is 224 g/mol. The number of ether oxygens (including phenoxy) is 1. The predicted molar refractivity (Wildman–Crippen MR) is 72.1 cm³/mol. The number of phenols is 1. The molecule has 0 saturated heterocycles. The summed E-state index contributed by atoms with van der Waals surface area (Å²) >= 11 is 0. The Kier molecular flexibility index (Phi) is 2.58. The smallest absolute Gasteiger partial charge is 0.127 e. The van der Waals surface area contributed by atoms with E-state index in [0.717, 1.165) is 11.7 Å². The molecule has 0 spiro atoms. The van der Waals surface area contributed by atoms with E-state index in [0.29, 0.717) is 17.6 Å². The first-order chi connectivity index (χ1) is 8.47. The Bertz CT molecular complexity index is 464. The molecule has 0 amide bonds. The second-order valence-electron chi connectivity index (χ2n) is 6.56. The van der Waals surface area contributed by atoms with Crippen LogP contribution in [0.4, 0.5) is 0 Å². The molecule has 1 saturated carbocycles. The fourth-order valence-corrected chi connectivity index (χ4v) is 3.83. The molecule has 1 aromatic carbocycles. The molecular formula is C16H22O2. The van der Waals surface area contributed by atoms with Gasteiger partial charge in [-0.3, -0.25) is 0 Å². The van der Waals surface area contributed by atoms with Gasteiger partial charge in [0, 0.05) is 12.0 Å². The fourth-order valence-electron chi connectivity index (χ4n) is 3.83. The maximum atomic E-state index is 9.63. The molecule has 1 N–H and O–H groups in total. The van der Waals surface area contributed by atoms with E-state index in [1.54, 1.807) is 12.1 Å². The molecule has 1 aliphatic carbocycles. The highest BCUT2D eigenvalue weighted by Crippen LogP contribution is 2.53. The summed E-state index contributed by atoms with van der Waals surface area (Å²) in [5.41, 5.74) is 1.18. The Morgan fingerprint density at radius 1 is 1.28 bits per heavy atom. The van der Waals surface area contributed by atoms with Crippen molar-refractivity contribution < 1.29 is 9.84 Å². The first kappa shape index (κ1) is 11.9. The summed E-state index contributed by atoms with van der Waals surface area (Å²) in [6.45, 7) is 6.72. The van der Waals surface area contributed by atoms with Crippen LogP contribution >= 0.6 is 0 Å². The minimum absolute atomic E-state index is 0.119. The van der Waals surface area contributed by atoms with Crippen molar-refractivity contribution in [2.45, 2.75) is 51.6 Å². The molecule has 2 aliphatic rings. The van der Waals surface area contributed by atoms with Crippen LogP contribution in [0.25, 0.3) is 0 Å². The Morgan fingerprint density at radius 3 is 2.83 bits per heavy atom. The molecule has 0 aromatic heterocycles. The molecule has 1 fully saturated rings. The van der Waals surface area contributed by atoms with Gasteiger partial charge in [-0.25, -0.2) is 0 Å². The number of hydrogen-bond donors (Lipinski definition) is 1. The second kappa shape index (κ2) is 3.91. The molecule has 0 radical (unpaired) electrons. The molecule has 2 nitrogen and oxygen atoms in total. The third-order valence-electron chi connectivity index (χ3n) is 4.78. The molecule has 1 aliphatic heterocycles. The van der Waals surface area contributed by atoms with Crippen LogP contribution in [0.3, 0.4) is 0 Å². The van der Waals surface area contributed by atoms with Gasteiger partial charge in [0.25, 0.3) is 0 Å². The van der Waals surface area contributed by atoms with E-state index >= 15 is 0 Å². The van der Waals surface area contributed by atoms with Gasteiger partial charge in [0.15, 0.2) is 0 Å². The van der Waals surface area contributed by atoms with Crippen molar-refractivity contribution in [2.75, 3.05) is 0 Å². The SMILES string of the molecule is CC1CC[C@@H]2C(C1)c1ccc(O)cc1OC2(C)C. The molecule has 0 bridgehead atoms. The molecule has 98 valence electrons. The normalized spacial score (nSPS) is 33.2. The molecule has 3 rings (SSSR count). The van der Waals surface area contributed by atoms with E-state index in [1.165, 1.54) is 24.8 Å². The summed E-state index contributed by atoms with van der Waals surface area (Å²) < 4.78 is 6.14. The maximum Gasteiger partial charge on any atom is 0.127 e. The van der Waals surface area contributed by atoms with E-state index in [-0.39, 0.29) is 5.60 Å². The molecule has 2 heteroatoms. The van der Waals surface area contributed by atoms with Crippen molar-refractivity contribution in [2.24, 2.45) is 11.8 Å². The summed E-state index contributed by atoms with van der Waals surface area (Å²) in [6.07, 6.45) is 3.80. The molecule has 18 heavy (non-hydrogen) atoms. The van der Waals surface area contributed by atoms with Crippen LogP contribution < -0.4 is 4.74 Å². The first-order valence-electron chi connectivity index (χ1n) is 6.99. The Balaban J connectivity index is 2.06. The number of benzene rings is 1. The average Bonchev–Trinajstić information content (AvgIpc) is 2.27. The first-order valence-corrected chi connectivity index (χ1v) is 6.99. The van der Waals surface area contributed by atoms with Crippen molar-refractivity contribution in [3.8, 4) is 11.5 Å². The van der Waals surface area contributed by atoms with Crippen LogP contribution in [0.15, 0.2) is 18.2 Å². The van der Waals surface area contributed by atoms with Gasteiger partial charge in [0.1, 0.15) is 17.1 Å². The van der Waals surface area contributed by atoms with Crippen LogP contribution in [-0.4, -0.2) is 10.7 Å². The summed E-state index contributed by atoms with van der Waals surface area (Å²) in [4.78, 5) is 0. The van der Waals surface area contributed by atoms with Gasteiger partial charge in [-0.15, -0.1) is 0 Å². The van der Waals surface area contributed by atoms with Crippen LogP contribution in [-0.2, 0) is 0 Å². The average molecular weight is 246 g/mol. The molecule has 2 unspecified atom stereocenters. The molecule has 3 atom stereocenters.